The van der Waals surface area contributed by atoms with Gasteiger partial charge in [-0.15, -0.1) is 0 Å². The Bertz CT molecular complexity index is 457. The average Bonchev–Trinajstić information content (AvgIpc) is 3.02. The zero-order chi connectivity index (χ0) is 13.2. The molecule has 1 fully saturated rings. The molecule has 1 aliphatic carbocycles. The van der Waals surface area contributed by atoms with E-state index in [1.165, 1.54) is 18.4 Å². The lowest BCUT2D eigenvalue weighted by atomic mass is 9.98. The molecule has 0 aromatic heterocycles. The van der Waals surface area contributed by atoms with Gasteiger partial charge in [0.05, 0.1) is 6.04 Å². The Morgan fingerprint density at radius 3 is 2.63 bits per heavy atom. The summed E-state index contributed by atoms with van der Waals surface area (Å²) in [6.07, 6.45) is 2.64. The lowest BCUT2D eigenvalue weighted by Gasteiger charge is -2.20. The fourth-order valence-electron chi connectivity index (χ4n) is 3.03. The van der Waals surface area contributed by atoms with Crippen LogP contribution < -0.4 is 5.32 Å². The highest BCUT2D eigenvalue weighted by Crippen LogP contribution is 2.34. The standard InChI is InChI=1S/C16H22N2S/c1-11-8-9-14(12(11)2)17-16-18-15(10-19-16)13-6-4-3-5-7-13/h3-7,11-12,14-15H,8-10H2,1-2H3,(H,17,18). The second-order valence-electron chi connectivity index (χ2n) is 5.84. The molecule has 4 atom stereocenters. The summed E-state index contributed by atoms with van der Waals surface area (Å²) in [5.74, 6) is 2.68. The summed E-state index contributed by atoms with van der Waals surface area (Å²) >= 11 is 1.87. The fourth-order valence-corrected chi connectivity index (χ4v) is 4.05. The number of nitrogens with zero attached hydrogens (tertiary/aromatic N) is 1. The quantitative estimate of drug-likeness (QED) is 0.885. The first kappa shape index (κ1) is 13.0. The highest BCUT2D eigenvalue weighted by atomic mass is 32.2. The molecular formula is C16H22N2S. The Balaban J connectivity index is 1.64. The van der Waals surface area contributed by atoms with E-state index >= 15 is 0 Å². The van der Waals surface area contributed by atoms with Crippen LogP contribution in [-0.2, 0) is 0 Å². The van der Waals surface area contributed by atoms with Gasteiger partial charge in [0.15, 0.2) is 5.17 Å². The Kier molecular flexibility index (Phi) is 3.83. The zero-order valence-corrected chi connectivity index (χ0v) is 12.5. The first-order chi connectivity index (χ1) is 9.24. The number of amidine groups is 1. The minimum Gasteiger partial charge on any atom is -0.362 e. The van der Waals surface area contributed by atoms with Gasteiger partial charge in [-0.05, 0) is 30.2 Å². The van der Waals surface area contributed by atoms with Crippen molar-refractivity contribution >= 4 is 16.9 Å². The summed E-state index contributed by atoms with van der Waals surface area (Å²) in [5, 5.41) is 4.82. The number of benzene rings is 1. The molecule has 0 bridgehead atoms. The van der Waals surface area contributed by atoms with Crippen molar-refractivity contribution in [3.63, 3.8) is 0 Å². The van der Waals surface area contributed by atoms with Gasteiger partial charge in [-0.25, -0.2) is 0 Å². The minimum atomic E-state index is 0.336. The molecule has 4 unspecified atom stereocenters. The van der Waals surface area contributed by atoms with Crippen LogP contribution in [0.1, 0.15) is 38.3 Å². The van der Waals surface area contributed by atoms with Gasteiger partial charge in [-0.1, -0.05) is 55.9 Å². The topological polar surface area (TPSA) is 24.4 Å². The number of thioether (sulfide) groups is 1. The van der Waals surface area contributed by atoms with Crippen molar-refractivity contribution in [3.8, 4) is 0 Å². The van der Waals surface area contributed by atoms with Crippen LogP contribution in [0.4, 0.5) is 0 Å². The average molecular weight is 274 g/mol. The molecule has 3 rings (SSSR count). The largest absolute Gasteiger partial charge is 0.362 e. The number of hydrogen-bond donors (Lipinski definition) is 1. The highest BCUT2D eigenvalue weighted by Gasteiger charge is 2.31. The van der Waals surface area contributed by atoms with Crippen LogP contribution in [-0.4, -0.2) is 17.0 Å². The maximum absolute atomic E-state index is 4.85. The highest BCUT2D eigenvalue weighted by molar-refractivity contribution is 8.14. The summed E-state index contributed by atoms with van der Waals surface area (Å²) in [6.45, 7) is 4.73. The molecule has 2 aliphatic rings. The van der Waals surface area contributed by atoms with E-state index < -0.39 is 0 Å². The molecule has 1 aromatic rings. The summed E-state index contributed by atoms with van der Waals surface area (Å²) in [5.41, 5.74) is 1.33. The zero-order valence-electron chi connectivity index (χ0n) is 11.7. The maximum Gasteiger partial charge on any atom is 0.157 e. The molecule has 102 valence electrons. The summed E-state index contributed by atoms with van der Waals surface area (Å²) in [6, 6.07) is 11.6. The summed E-state index contributed by atoms with van der Waals surface area (Å²) in [7, 11) is 0. The molecule has 0 saturated heterocycles. The van der Waals surface area contributed by atoms with Crippen molar-refractivity contribution in [1.82, 2.24) is 5.32 Å². The van der Waals surface area contributed by atoms with E-state index in [1.807, 2.05) is 11.8 Å². The summed E-state index contributed by atoms with van der Waals surface area (Å²) in [4.78, 5) is 4.85. The number of aliphatic imine (C=N–C) groups is 1. The van der Waals surface area contributed by atoms with Crippen LogP contribution in [0.2, 0.25) is 0 Å². The van der Waals surface area contributed by atoms with E-state index in [-0.39, 0.29) is 0 Å². The SMILES string of the molecule is CC1CCC(NC2=NC(c3ccccc3)CS2)C1C. The van der Waals surface area contributed by atoms with Crippen molar-refractivity contribution in [2.45, 2.75) is 38.8 Å². The van der Waals surface area contributed by atoms with Gasteiger partial charge in [0.2, 0.25) is 0 Å². The number of rotatable bonds is 2. The van der Waals surface area contributed by atoms with E-state index in [0.29, 0.717) is 12.1 Å². The lowest BCUT2D eigenvalue weighted by Crippen LogP contribution is -2.35. The molecule has 1 N–H and O–H groups in total. The third-order valence-corrected chi connectivity index (χ3v) is 5.59. The molecule has 19 heavy (non-hydrogen) atoms. The van der Waals surface area contributed by atoms with E-state index in [4.69, 9.17) is 4.99 Å². The van der Waals surface area contributed by atoms with Gasteiger partial charge in [-0.2, -0.15) is 0 Å². The first-order valence-corrected chi connectivity index (χ1v) is 8.24. The molecule has 0 radical (unpaired) electrons. The Morgan fingerprint density at radius 2 is 1.95 bits per heavy atom. The molecule has 1 heterocycles. The first-order valence-electron chi connectivity index (χ1n) is 7.26. The van der Waals surface area contributed by atoms with Crippen LogP contribution >= 0.6 is 11.8 Å². The van der Waals surface area contributed by atoms with Gasteiger partial charge in [0, 0.05) is 11.8 Å². The normalized spacial score (nSPS) is 34.3. The van der Waals surface area contributed by atoms with Gasteiger partial charge < -0.3 is 5.32 Å². The van der Waals surface area contributed by atoms with Crippen LogP contribution in [0.3, 0.4) is 0 Å². The molecule has 1 aromatic carbocycles. The molecule has 3 heteroatoms. The van der Waals surface area contributed by atoms with Gasteiger partial charge >= 0.3 is 0 Å². The van der Waals surface area contributed by atoms with Crippen molar-refractivity contribution in [1.29, 1.82) is 0 Å². The molecule has 1 saturated carbocycles. The summed E-state index contributed by atoms with van der Waals surface area (Å²) < 4.78 is 0. The van der Waals surface area contributed by atoms with E-state index in [1.54, 1.807) is 0 Å². The molecule has 2 nitrogen and oxygen atoms in total. The van der Waals surface area contributed by atoms with Crippen molar-refractivity contribution in [3.05, 3.63) is 35.9 Å². The van der Waals surface area contributed by atoms with Crippen LogP contribution in [0, 0.1) is 11.8 Å². The molecular weight excluding hydrogens is 252 g/mol. The van der Waals surface area contributed by atoms with Crippen LogP contribution in [0.15, 0.2) is 35.3 Å². The second-order valence-corrected chi connectivity index (χ2v) is 6.85. The Morgan fingerprint density at radius 1 is 1.16 bits per heavy atom. The van der Waals surface area contributed by atoms with E-state index in [9.17, 15) is 0 Å². The van der Waals surface area contributed by atoms with E-state index in [2.05, 4.69) is 49.5 Å². The molecule has 0 amide bonds. The minimum absolute atomic E-state index is 0.336. The predicted molar refractivity (Wildman–Crippen MR) is 83.6 cm³/mol. The predicted octanol–water partition coefficient (Wildman–Crippen LogP) is 3.85. The van der Waals surface area contributed by atoms with Crippen molar-refractivity contribution < 1.29 is 0 Å². The monoisotopic (exact) mass is 274 g/mol. The van der Waals surface area contributed by atoms with Crippen molar-refractivity contribution in [2.75, 3.05) is 5.75 Å². The van der Waals surface area contributed by atoms with E-state index in [0.717, 1.165) is 22.8 Å². The maximum atomic E-state index is 4.85. The number of hydrogen-bond acceptors (Lipinski definition) is 3. The third-order valence-electron chi connectivity index (χ3n) is 4.61. The fraction of sp³-hybridized carbons (Fsp3) is 0.562. The van der Waals surface area contributed by atoms with Crippen molar-refractivity contribution in [2.24, 2.45) is 16.8 Å². The number of nitrogens with one attached hydrogen (secondary N) is 1. The van der Waals surface area contributed by atoms with Gasteiger partial charge in [0.25, 0.3) is 0 Å². The van der Waals surface area contributed by atoms with Gasteiger partial charge in [0.1, 0.15) is 0 Å². The molecule has 0 spiro atoms. The Hall–Kier alpha value is -0.960. The second kappa shape index (κ2) is 5.58. The third kappa shape index (κ3) is 2.81. The van der Waals surface area contributed by atoms with Crippen LogP contribution in [0.5, 0.6) is 0 Å². The Labute approximate surface area is 120 Å². The van der Waals surface area contributed by atoms with Crippen LogP contribution in [0.25, 0.3) is 0 Å². The van der Waals surface area contributed by atoms with Gasteiger partial charge in [-0.3, -0.25) is 4.99 Å². The lowest BCUT2D eigenvalue weighted by molar-refractivity contribution is 0.404. The smallest absolute Gasteiger partial charge is 0.157 e. The molecule has 1 aliphatic heterocycles.